The van der Waals surface area contributed by atoms with E-state index in [0.717, 1.165) is 18.2 Å². The van der Waals surface area contributed by atoms with Gasteiger partial charge in [-0.15, -0.1) is 24.0 Å². The fourth-order valence-corrected chi connectivity index (χ4v) is 1.59. The number of nitrogens with zero attached hydrogens (tertiary/aromatic N) is 1. The second-order valence-corrected chi connectivity index (χ2v) is 4.78. The number of guanidine groups is 1. The maximum Gasteiger partial charge on any atom is 0.193 e. The molecule has 106 valence electrons. The van der Waals surface area contributed by atoms with Gasteiger partial charge in [0.15, 0.2) is 5.96 Å². The summed E-state index contributed by atoms with van der Waals surface area (Å²) in [7, 11) is 0. The van der Waals surface area contributed by atoms with Crippen molar-refractivity contribution in [2.45, 2.75) is 19.8 Å². The fraction of sp³-hybridized carbons (Fsp3) is 0.500. The van der Waals surface area contributed by atoms with Crippen molar-refractivity contribution in [2.75, 3.05) is 25.1 Å². The van der Waals surface area contributed by atoms with Crippen LogP contribution in [0.5, 0.6) is 0 Å². The lowest BCUT2D eigenvalue weighted by Crippen LogP contribution is -2.23. The van der Waals surface area contributed by atoms with Gasteiger partial charge in [-0.1, -0.05) is 17.7 Å². The minimum Gasteiger partial charge on any atom is -0.379 e. The van der Waals surface area contributed by atoms with Crippen molar-refractivity contribution in [3.63, 3.8) is 0 Å². The monoisotopic (exact) mass is 375 g/mol. The first kappa shape index (κ1) is 16.2. The molecule has 0 saturated heterocycles. The molecule has 1 saturated carbocycles. The second-order valence-electron chi connectivity index (χ2n) is 4.78. The predicted molar refractivity (Wildman–Crippen MR) is 90.2 cm³/mol. The molecule has 0 amide bonds. The molecule has 0 atom stereocenters. The number of rotatable bonds is 6. The molecule has 1 aromatic rings. The molecule has 0 radical (unpaired) electrons. The number of nitrogens with one attached hydrogen (secondary N) is 1. The van der Waals surface area contributed by atoms with Crippen LogP contribution in [0.2, 0.25) is 0 Å². The minimum absolute atomic E-state index is 0. The third-order valence-corrected chi connectivity index (χ3v) is 2.89. The molecule has 0 unspecified atom stereocenters. The summed E-state index contributed by atoms with van der Waals surface area (Å²) in [5, 5.41) is 3.05. The van der Waals surface area contributed by atoms with E-state index < -0.39 is 0 Å². The van der Waals surface area contributed by atoms with E-state index in [2.05, 4.69) is 17.2 Å². The summed E-state index contributed by atoms with van der Waals surface area (Å²) in [4.78, 5) is 4.22. The van der Waals surface area contributed by atoms with Crippen LogP contribution in [0, 0.1) is 12.8 Å². The highest BCUT2D eigenvalue weighted by Crippen LogP contribution is 2.28. The van der Waals surface area contributed by atoms with E-state index in [0.29, 0.717) is 19.1 Å². The van der Waals surface area contributed by atoms with Gasteiger partial charge in [-0.3, -0.25) is 4.99 Å². The molecule has 4 nitrogen and oxygen atoms in total. The van der Waals surface area contributed by atoms with Crippen LogP contribution in [0.1, 0.15) is 18.4 Å². The molecular weight excluding hydrogens is 353 g/mol. The van der Waals surface area contributed by atoms with Crippen LogP contribution in [0.3, 0.4) is 0 Å². The highest BCUT2D eigenvalue weighted by Gasteiger charge is 2.20. The van der Waals surface area contributed by atoms with Crippen LogP contribution in [0.25, 0.3) is 0 Å². The molecule has 0 heterocycles. The average Bonchev–Trinajstić information content (AvgIpc) is 3.16. The van der Waals surface area contributed by atoms with Gasteiger partial charge in [-0.05, 0) is 37.8 Å². The smallest absolute Gasteiger partial charge is 0.193 e. The van der Waals surface area contributed by atoms with Crippen molar-refractivity contribution in [3.05, 3.63) is 29.8 Å². The van der Waals surface area contributed by atoms with Gasteiger partial charge in [-0.25, -0.2) is 0 Å². The predicted octanol–water partition coefficient (Wildman–Crippen LogP) is 2.77. The van der Waals surface area contributed by atoms with E-state index in [4.69, 9.17) is 10.5 Å². The van der Waals surface area contributed by atoms with Crippen LogP contribution < -0.4 is 11.1 Å². The zero-order valence-corrected chi connectivity index (χ0v) is 13.6. The molecule has 1 fully saturated rings. The van der Waals surface area contributed by atoms with Crippen molar-refractivity contribution >= 4 is 35.6 Å². The maximum atomic E-state index is 5.78. The second kappa shape index (κ2) is 8.37. The molecular formula is C14H22IN3O. The third-order valence-electron chi connectivity index (χ3n) is 2.89. The standard InChI is InChI=1S/C14H21N3O.HI/c1-11-2-6-13(7-3-11)17-14(15)16-8-9-18-10-12-4-5-12;/h2-3,6-7,12H,4-5,8-10H2,1H3,(H3,15,16,17);1H. The van der Waals surface area contributed by atoms with Gasteiger partial charge < -0.3 is 15.8 Å². The average molecular weight is 375 g/mol. The van der Waals surface area contributed by atoms with E-state index in [1.54, 1.807) is 0 Å². The van der Waals surface area contributed by atoms with E-state index in [1.807, 2.05) is 24.3 Å². The molecule has 0 aromatic heterocycles. The Balaban J connectivity index is 0.00000180. The van der Waals surface area contributed by atoms with Gasteiger partial charge in [0.25, 0.3) is 0 Å². The molecule has 2 rings (SSSR count). The molecule has 1 aliphatic rings. The van der Waals surface area contributed by atoms with Gasteiger partial charge in [0.05, 0.1) is 13.2 Å². The summed E-state index contributed by atoms with van der Waals surface area (Å²) >= 11 is 0. The zero-order valence-electron chi connectivity index (χ0n) is 11.3. The lowest BCUT2D eigenvalue weighted by molar-refractivity contribution is 0.132. The summed E-state index contributed by atoms with van der Waals surface area (Å²) in [6.07, 6.45) is 2.64. The maximum absolute atomic E-state index is 5.78. The van der Waals surface area contributed by atoms with Crippen molar-refractivity contribution in [1.82, 2.24) is 0 Å². The van der Waals surface area contributed by atoms with Crippen LogP contribution in [0.15, 0.2) is 29.3 Å². The number of anilines is 1. The fourth-order valence-electron chi connectivity index (χ4n) is 1.59. The Labute approximate surface area is 131 Å². The van der Waals surface area contributed by atoms with Crippen molar-refractivity contribution in [2.24, 2.45) is 16.6 Å². The number of ether oxygens (including phenoxy) is 1. The Kier molecular flexibility index (Phi) is 7.15. The quantitative estimate of drug-likeness (QED) is 0.348. The first-order valence-electron chi connectivity index (χ1n) is 6.45. The first-order valence-corrected chi connectivity index (χ1v) is 6.45. The zero-order chi connectivity index (χ0) is 12.8. The summed E-state index contributed by atoms with van der Waals surface area (Å²) < 4.78 is 5.48. The highest BCUT2D eigenvalue weighted by molar-refractivity contribution is 14.0. The number of hydrogen-bond donors (Lipinski definition) is 2. The molecule has 0 spiro atoms. The van der Waals surface area contributed by atoms with Crippen molar-refractivity contribution in [3.8, 4) is 0 Å². The molecule has 1 aromatic carbocycles. The molecule has 19 heavy (non-hydrogen) atoms. The Morgan fingerprint density at radius 1 is 1.37 bits per heavy atom. The van der Waals surface area contributed by atoms with Crippen molar-refractivity contribution < 1.29 is 4.74 Å². The number of aliphatic imine (C=N–C) groups is 1. The van der Waals surface area contributed by atoms with Crippen LogP contribution >= 0.6 is 24.0 Å². The summed E-state index contributed by atoms with van der Waals surface area (Å²) in [6, 6.07) is 8.05. The third kappa shape index (κ3) is 6.77. The molecule has 0 bridgehead atoms. The van der Waals surface area contributed by atoms with Gasteiger partial charge in [0.1, 0.15) is 0 Å². The van der Waals surface area contributed by atoms with Gasteiger partial charge in [0, 0.05) is 12.3 Å². The number of aryl methyl sites for hydroxylation is 1. The number of benzene rings is 1. The topological polar surface area (TPSA) is 59.6 Å². The van der Waals surface area contributed by atoms with E-state index in [9.17, 15) is 0 Å². The van der Waals surface area contributed by atoms with Crippen LogP contribution in [-0.4, -0.2) is 25.7 Å². The molecule has 0 aliphatic heterocycles. The Morgan fingerprint density at radius 3 is 2.68 bits per heavy atom. The minimum atomic E-state index is 0. The summed E-state index contributed by atoms with van der Waals surface area (Å²) in [6.45, 7) is 4.18. The largest absolute Gasteiger partial charge is 0.379 e. The first-order chi connectivity index (χ1) is 8.74. The number of hydrogen-bond acceptors (Lipinski definition) is 2. The van der Waals surface area contributed by atoms with Crippen LogP contribution in [-0.2, 0) is 4.74 Å². The van der Waals surface area contributed by atoms with Crippen LogP contribution in [0.4, 0.5) is 5.69 Å². The molecule has 1 aliphatic carbocycles. The lowest BCUT2D eigenvalue weighted by Gasteiger charge is -2.06. The SMILES string of the molecule is Cc1ccc(NC(N)=NCCOCC2CC2)cc1.I. The summed E-state index contributed by atoms with van der Waals surface area (Å²) in [5.74, 6) is 1.24. The molecule has 3 N–H and O–H groups in total. The van der Waals surface area contributed by atoms with E-state index >= 15 is 0 Å². The highest BCUT2D eigenvalue weighted by atomic mass is 127. The Bertz CT molecular complexity index is 402. The number of halogens is 1. The Morgan fingerprint density at radius 2 is 2.05 bits per heavy atom. The number of nitrogens with two attached hydrogens (primary N) is 1. The lowest BCUT2D eigenvalue weighted by atomic mass is 10.2. The summed E-state index contributed by atoms with van der Waals surface area (Å²) in [5.41, 5.74) is 7.97. The van der Waals surface area contributed by atoms with Gasteiger partial charge >= 0.3 is 0 Å². The van der Waals surface area contributed by atoms with Gasteiger partial charge in [-0.2, -0.15) is 0 Å². The van der Waals surface area contributed by atoms with E-state index in [1.165, 1.54) is 18.4 Å². The van der Waals surface area contributed by atoms with E-state index in [-0.39, 0.29) is 24.0 Å². The molecule has 5 heteroatoms. The Hall–Kier alpha value is -0.820. The van der Waals surface area contributed by atoms with Crippen molar-refractivity contribution in [1.29, 1.82) is 0 Å². The normalized spacial score (nSPS) is 14.9. The van der Waals surface area contributed by atoms with Gasteiger partial charge in [0.2, 0.25) is 0 Å².